The van der Waals surface area contributed by atoms with Gasteiger partial charge in [-0.3, -0.25) is 0 Å². The van der Waals surface area contributed by atoms with Gasteiger partial charge in [0, 0.05) is 44.3 Å². The number of nitrogens with one attached hydrogen (secondary N) is 1. The van der Waals surface area contributed by atoms with Crippen LogP contribution in [0.15, 0.2) is 67.0 Å². The van der Waals surface area contributed by atoms with Gasteiger partial charge in [0.25, 0.3) is 0 Å². The summed E-state index contributed by atoms with van der Waals surface area (Å²) in [7, 11) is 1.68. The highest BCUT2D eigenvalue weighted by molar-refractivity contribution is 5.86. The lowest BCUT2D eigenvalue weighted by Gasteiger charge is -2.36. The molecule has 5 rings (SSSR count). The maximum absolute atomic E-state index is 6.59. The first-order chi connectivity index (χ1) is 16.6. The Hall–Kier alpha value is -3.71. The van der Waals surface area contributed by atoms with Gasteiger partial charge >= 0.3 is 0 Å². The Morgan fingerprint density at radius 3 is 2.56 bits per heavy atom. The second kappa shape index (κ2) is 9.65. The van der Waals surface area contributed by atoms with Crippen LogP contribution >= 0.6 is 0 Å². The number of piperazine rings is 1. The van der Waals surface area contributed by atoms with Crippen LogP contribution in [0.2, 0.25) is 0 Å². The third kappa shape index (κ3) is 4.52. The van der Waals surface area contributed by atoms with Gasteiger partial charge in [0.15, 0.2) is 0 Å². The van der Waals surface area contributed by atoms with Gasteiger partial charge in [-0.2, -0.15) is 0 Å². The Labute approximate surface area is 200 Å². The van der Waals surface area contributed by atoms with E-state index in [0.717, 1.165) is 78.8 Å². The highest BCUT2D eigenvalue weighted by Crippen LogP contribution is 2.33. The van der Waals surface area contributed by atoms with Crippen molar-refractivity contribution in [2.24, 2.45) is 0 Å². The van der Waals surface area contributed by atoms with Crippen molar-refractivity contribution in [2.75, 3.05) is 55.8 Å². The first-order valence-corrected chi connectivity index (χ1v) is 11.8. The number of nitrogens with two attached hydrogens (primary N) is 1. The van der Waals surface area contributed by atoms with Gasteiger partial charge in [-0.05, 0) is 48.5 Å². The molecule has 34 heavy (non-hydrogen) atoms. The lowest BCUT2D eigenvalue weighted by atomic mass is 10.2. The Balaban J connectivity index is 1.32. The summed E-state index contributed by atoms with van der Waals surface area (Å²) < 4.78 is 7.47. The predicted molar refractivity (Wildman–Crippen MR) is 140 cm³/mol. The Kier molecular flexibility index (Phi) is 6.27. The summed E-state index contributed by atoms with van der Waals surface area (Å²) in [4.78, 5) is 9.53. The van der Waals surface area contributed by atoms with Gasteiger partial charge in [0.05, 0.1) is 35.9 Å². The summed E-state index contributed by atoms with van der Waals surface area (Å²) in [6, 6.07) is 18.5. The number of nitrogens with zero attached hydrogens (tertiary/aromatic N) is 4. The van der Waals surface area contributed by atoms with E-state index in [1.54, 1.807) is 7.11 Å². The highest BCUT2D eigenvalue weighted by atomic mass is 16.5. The van der Waals surface area contributed by atoms with Crippen LogP contribution in [0.4, 0.5) is 22.9 Å². The molecular formula is C27H32N6O. The number of nitrogen functional groups attached to an aromatic ring is 1. The molecule has 0 saturated carbocycles. The van der Waals surface area contributed by atoms with E-state index < -0.39 is 0 Å². The van der Waals surface area contributed by atoms with E-state index in [9.17, 15) is 0 Å². The maximum atomic E-state index is 6.59. The molecule has 176 valence electrons. The molecule has 0 bridgehead atoms. The molecule has 4 aromatic rings. The zero-order valence-corrected chi connectivity index (χ0v) is 19.9. The molecule has 1 aliphatic rings. The number of fused-ring (bicyclic) bond motifs is 1. The Morgan fingerprint density at radius 1 is 1.03 bits per heavy atom. The number of rotatable bonds is 7. The van der Waals surface area contributed by atoms with Crippen molar-refractivity contribution in [2.45, 2.75) is 13.5 Å². The van der Waals surface area contributed by atoms with Gasteiger partial charge in [-0.1, -0.05) is 25.1 Å². The van der Waals surface area contributed by atoms with Crippen molar-refractivity contribution in [3.63, 3.8) is 0 Å². The summed E-state index contributed by atoms with van der Waals surface area (Å²) in [6.45, 7) is 8.22. The third-order valence-electron chi connectivity index (χ3n) is 6.68. The van der Waals surface area contributed by atoms with Crippen LogP contribution in [0.3, 0.4) is 0 Å². The third-order valence-corrected chi connectivity index (χ3v) is 6.68. The Morgan fingerprint density at radius 2 is 1.82 bits per heavy atom. The molecule has 3 N–H and O–H groups in total. The summed E-state index contributed by atoms with van der Waals surface area (Å²) in [5.74, 6) is 1.65. The summed E-state index contributed by atoms with van der Waals surface area (Å²) in [5.41, 5.74) is 11.7. The summed E-state index contributed by atoms with van der Waals surface area (Å²) in [6.07, 6.45) is 4.02. The average Bonchev–Trinajstić information content (AvgIpc) is 3.27. The fourth-order valence-corrected chi connectivity index (χ4v) is 4.60. The van der Waals surface area contributed by atoms with Crippen LogP contribution in [0.1, 0.15) is 12.5 Å². The van der Waals surface area contributed by atoms with Gasteiger partial charge in [0.2, 0.25) is 0 Å². The molecule has 0 atom stereocenters. The smallest absolute Gasteiger partial charge is 0.131 e. The van der Waals surface area contributed by atoms with E-state index in [-0.39, 0.29) is 0 Å². The van der Waals surface area contributed by atoms with Gasteiger partial charge in [-0.15, -0.1) is 0 Å². The number of ether oxygens (including phenoxy) is 1. The second-order valence-corrected chi connectivity index (χ2v) is 8.70. The summed E-state index contributed by atoms with van der Waals surface area (Å²) in [5, 5.41) is 4.57. The Bertz CT molecular complexity index is 1260. The molecule has 0 amide bonds. The first kappa shape index (κ1) is 22.1. The minimum atomic E-state index is 0.770. The van der Waals surface area contributed by atoms with Crippen molar-refractivity contribution in [3.05, 3.63) is 72.6 Å². The van der Waals surface area contributed by atoms with Crippen LogP contribution in [-0.2, 0) is 6.54 Å². The van der Waals surface area contributed by atoms with E-state index in [0.29, 0.717) is 0 Å². The molecule has 3 heterocycles. The molecular weight excluding hydrogens is 424 g/mol. The van der Waals surface area contributed by atoms with Crippen LogP contribution in [-0.4, -0.2) is 54.3 Å². The maximum Gasteiger partial charge on any atom is 0.131 e. The quantitative estimate of drug-likeness (QED) is 0.397. The zero-order chi connectivity index (χ0) is 23.5. The fourth-order valence-electron chi connectivity index (χ4n) is 4.60. The number of methoxy groups -OCH3 is 1. The van der Waals surface area contributed by atoms with E-state index in [4.69, 9.17) is 10.5 Å². The van der Waals surface area contributed by atoms with Crippen molar-refractivity contribution in [3.8, 4) is 5.75 Å². The fraction of sp³-hybridized carbons (Fsp3) is 0.296. The van der Waals surface area contributed by atoms with Crippen LogP contribution in [0.25, 0.3) is 10.9 Å². The lowest BCUT2D eigenvalue weighted by molar-refractivity contribution is 0.271. The van der Waals surface area contributed by atoms with E-state index in [1.807, 2.05) is 24.4 Å². The van der Waals surface area contributed by atoms with Crippen LogP contribution < -0.4 is 20.7 Å². The average molecular weight is 457 g/mol. The van der Waals surface area contributed by atoms with Crippen LogP contribution in [0.5, 0.6) is 5.75 Å². The SMILES string of the molecule is CCN1CCN(c2cccc(Nc3cc4ccn(Cc5ccc(OC)cc5)c4cn3)c2N)CC1. The number of aromatic nitrogens is 2. The summed E-state index contributed by atoms with van der Waals surface area (Å²) >= 11 is 0. The largest absolute Gasteiger partial charge is 0.497 e. The molecule has 1 aliphatic heterocycles. The van der Waals surface area contributed by atoms with Crippen LogP contribution in [0, 0.1) is 0 Å². The topological polar surface area (TPSA) is 71.6 Å². The van der Waals surface area contributed by atoms with Crippen molar-refractivity contribution in [1.82, 2.24) is 14.5 Å². The normalized spacial score (nSPS) is 14.5. The number of hydrogen-bond acceptors (Lipinski definition) is 6. The molecule has 1 fully saturated rings. The molecule has 7 heteroatoms. The minimum absolute atomic E-state index is 0.770. The molecule has 0 aliphatic carbocycles. The minimum Gasteiger partial charge on any atom is -0.497 e. The number of benzene rings is 2. The molecule has 2 aromatic heterocycles. The molecule has 0 unspecified atom stereocenters. The molecule has 1 saturated heterocycles. The monoisotopic (exact) mass is 456 g/mol. The van der Waals surface area contributed by atoms with E-state index in [2.05, 4.69) is 74.2 Å². The first-order valence-electron chi connectivity index (χ1n) is 11.8. The molecule has 2 aromatic carbocycles. The number of para-hydroxylation sites is 1. The zero-order valence-electron chi connectivity index (χ0n) is 19.9. The van der Waals surface area contributed by atoms with E-state index in [1.165, 1.54) is 5.56 Å². The number of anilines is 4. The van der Waals surface area contributed by atoms with Crippen molar-refractivity contribution >= 4 is 33.8 Å². The van der Waals surface area contributed by atoms with Gasteiger partial charge in [-0.25, -0.2) is 4.98 Å². The lowest BCUT2D eigenvalue weighted by Crippen LogP contribution is -2.46. The molecule has 0 radical (unpaired) electrons. The number of likely N-dealkylation sites (N-methyl/N-ethyl adjacent to an activating group) is 1. The second-order valence-electron chi connectivity index (χ2n) is 8.70. The van der Waals surface area contributed by atoms with Gasteiger partial charge < -0.3 is 30.2 Å². The molecule has 7 nitrogen and oxygen atoms in total. The van der Waals surface area contributed by atoms with Gasteiger partial charge in [0.1, 0.15) is 11.6 Å². The highest BCUT2D eigenvalue weighted by Gasteiger charge is 2.19. The predicted octanol–water partition coefficient (Wildman–Crippen LogP) is 4.56. The van der Waals surface area contributed by atoms with Crippen molar-refractivity contribution < 1.29 is 4.74 Å². The van der Waals surface area contributed by atoms with Crippen molar-refractivity contribution in [1.29, 1.82) is 0 Å². The number of pyridine rings is 1. The molecule has 0 spiro atoms. The van der Waals surface area contributed by atoms with E-state index >= 15 is 0 Å². The standard InChI is InChI=1S/C27H32N6O/c1-3-31-13-15-32(16-14-31)24-6-4-5-23(27(24)28)30-26-17-21-11-12-33(25(21)18-29-26)19-20-7-9-22(34-2)10-8-20/h4-12,17-18H,3,13-16,19,28H2,1-2H3,(H,29,30). The number of hydrogen-bond donors (Lipinski definition) is 2.